The Bertz CT molecular complexity index is 393. The average molecular weight is 276 g/mol. The molecule has 0 radical (unpaired) electrons. The zero-order valence-electron chi connectivity index (χ0n) is 13.8. The predicted molar refractivity (Wildman–Crippen MR) is 88.1 cm³/mol. The van der Waals surface area contributed by atoms with Crippen LogP contribution in [0.25, 0.3) is 0 Å². The van der Waals surface area contributed by atoms with Gasteiger partial charge in [-0.15, -0.1) is 0 Å². The van der Waals surface area contributed by atoms with Gasteiger partial charge in [0.25, 0.3) is 0 Å². The van der Waals surface area contributed by atoms with Gasteiger partial charge in [-0.3, -0.25) is 0 Å². The third-order valence-corrected chi connectivity index (χ3v) is 4.40. The Labute approximate surface area is 125 Å². The molecule has 1 nitrogen and oxygen atoms in total. The minimum absolute atomic E-state index is 0.679. The van der Waals surface area contributed by atoms with E-state index < -0.39 is 5.60 Å². The maximum atomic E-state index is 10.6. The monoisotopic (exact) mass is 276 g/mol. The van der Waals surface area contributed by atoms with E-state index in [1.807, 2.05) is 6.92 Å². The standard InChI is InChI=1S/C19H32O/c1-5-6-7-8-9-10-11-14-19(4,20)18-13-12-16(2)17(3)15-18/h12-13,15,20H,5-11,14H2,1-4H3. The van der Waals surface area contributed by atoms with Crippen molar-refractivity contribution in [2.45, 2.75) is 84.7 Å². The summed E-state index contributed by atoms with van der Waals surface area (Å²) in [6.07, 6.45) is 9.91. The zero-order chi connectivity index (χ0) is 15.0. The van der Waals surface area contributed by atoms with E-state index in [0.29, 0.717) is 0 Å². The van der Waals surface area contributed by atoms with Crippen LogP contribution in [0.1, 0.15) is 81.9 Å². The Morgan fingerprint density at radius 1 is 0.900 bits per heavy atom. The summed E-state index contributed by atoms with van der Waals surface area (Å²) in [5, 5.41) is 10.6. The normalized spacial score (nSPS) is 14.2. The molecule has 114 valence electrons. The van der Waals surface area contributed by atoms with Crippen LogP contribution in [0.3, 0.4) is 0 Å². The number of aryl methyl sites for hydroxylation is 2. The van der Waals surface area contributed by atoms with Gasteiger partial charge in [-0.25, -0.2) is 0 Å². The second-order valence-electron chi connectivity index (χ2n) is 6.44. The summed E-state index contributed by atoms with van der Waals surface area (Å²) in [6, 6.07) is 6.32. The average Bonchev–Trinajstić information content (AvgIpc) is 2.40. The molecule has 0 saturated heterocycles. The number of hydrogen-bond donors (Lipinski definition) is 1. The molecule has 0 heterocycles. The molecule has 1 heteroatoms. The smallest absolute Gasteiger partial charge is 0.0868 e. The molecule has 0 aliphatic rings. The van der Waals surface area contributed by atoms with Crippen molar-refractivity contribution in [3.8, 4) is 0 Å². The number of hydrogen-bond acceptors (Lipinski definition) is 1. The van der Waals surface area contributed by atoms with Crippen LogP contribution in [0.5, 0.6) is 0 Å². The first-order valence-electron chi connectivity index (χ1n) is 8.27. The molecule has 1 N–H and O–H groups in total. The summed E-state index contributed by atoms with van der Waals surface area (Å²) in [6.45, 7) is 8.43. The number of aliphatic hydroxyl groups is 1. The van der Waals surface area contributed by atoms with Crippen LogP contribution in [0, 0.1) is 13.8 Å². The number of rotatable bonds is 9. The van der Waals surface area contributed by atoms with Gasteiger partial charge in [0.2, 0.25) is 0 Å². The van der Waals surface area contributed by atoms with Gasteiger partial charge in [0.1, 0.15) is 0 Å². The Morgan fingerprint density at radius 2 is 1.50 bits per heavy atom. The van der Waals surface area contributed by atoms with E-state index in [-0.39, 0.29) is 0 Å². The topological polar surface area (TPSA) is 20.2 Å². The summed E-state index contributed by atoms with van der Waals surface area (Å²) in [4.78, 5) is 0. The van der Waals surface area contributed by atoms with Crippen molar-refractivity contribution in [2.24, 2.45) is 0 Å². The van der Waals surface area contributed by atoms with Crippen molar-refractivity contribution in [3.63, 3.8) is 0 Å². The maximum Gasteiger partial charge on any atom is 0.0868 e. The van der Waals surface area contributed by atoms with Crippen LogP contribution in [-0.4, -0.2) is 5.11 Å². The molecule has 1 aromatic carbocycles. The molecule has 0 fully saturated rings. The lowest BCUT2D eigenvalue weighted by molar-refractivity contribution is 0.0447. The summed E-state index contributed by atoms with van der Waals surface area (Å²) in [5.41, 5.74) is 2.94. The molecule has 1 rings (SSSR count). The summed E-state index contributed by atoms with van der Waals surface area (Å²) < 4.78 is 0. The molecule has 0 amide bonds. The molecular formula is C19H32O. The van der Waals surface area contributed by atoms with Crippen LogP contribution in [0.4, 0.5) is 0 Å². The highest BCUT2D eigenvalue weighted by molar-refractivity contribution is 5.32. The van der Waals surface area contributed by atoms with Crippen LogP contribution in [-0.2, 0) is 5.60 Å². The first-order valence-corrected chi connectivity index (χ1v) is 8.27. The highest BCUT2D eigenvalue weighted by Crippen LogP contribution is 2.28. The van der Waals surface area contributed by atoms with Crippen molar-refractivity contribution < 1.29 is 5.11 Å². The maximum absolute atomic E-state index is 10.6. The Balaban J connectivity index is 2.35. The molecule has 0 bridgehead atoms. The summed E-state index contributed by atoms with van der Waals surface area (Å²) in [7, 11) is 0. The number of benzene rings is 1. The summed E-state index contributed by atoms with van der Waals surface area (Å²) in [5.74, 6) is 0. The minimum atomic E-state index is -0.679. The zero-order valence-corrected chi connectivity index (χ0v) is 13.8. The number of unbranched alkanes of at least 4 members (excludes halogenated alkanes) is 6. The second kappa shape index (κ2) is 8.46. The molecule has 0 aromatic heterocycles. The highest BCUT2D eigenvalue weighted by Gasteiger charge is 2.22. The molecule has 0 aliphatic heterocycles. The lowest BCUT2D eigenvalue weighted by Gasteiger charge is -2.24. The Morgan fingerprint density at radius 3 is 2.10 bits per heavy atom. The molecule has 0 spiro atoms. The minimum Gasteiger partial charge on any atom is -0.385 e. The van der Waals surface area contributed by atoms with Gasteiger partial charge < -0.3 is 5.11 Å². The summed E-state index contributed by atoms with van der Waals surface area (Å²) >= 11 is 0. The Hall–Kier alpha value is -0.820. The fourth-order valence-corrected chi connectivity index (χ4v) is 2.65. The molecular weight excluding hydrogens is 244 g/mol. The molecule has 0 aliphatic carbocycles. The first-order chi connectivity index (χ1) is 9.47. The van der Waals surface area contributed by atoms with Crippen molar-refractivity contribution in [1.29, 1.82) is 0 Å². The van der Waals surface area contributed by atoms with Crippen LogP contribution < -0.4 is 0 Å². The van der Waals surface area contributed by atoms with Crippen LogP contribution in [0.2, 0.25) is 0 Å². The SMILES string of the molecule is CCCCCCCCCC(C)(O)c1ccc(C)c(C)c1. The van der Waals surface area contributed by atoms with Crippen molar-refractivity contribution in [2.75, 3.05) is 0 Å². The van der Waals surface area contributed by atoms with E-state index in [9.17, 15) is 5.11 Å². The van der Waals surface area contributed by atoms with Gasteiger partial charge in [0, 0.05) is 0 Å². The third-order valence-electron chi connectivity index (χ3n) is 4.40. The fourth-order valence-electron chi connectivity index (χ4n) is 2.65. The van der Waals surface area contributed by atoms with Crippen molar-refractivity contribution in [1.82, 2.24) is 0 Å². The van der Waals surface area contributed by atoms with Crippen LogP contribution >= 0.6 is 0 Å². The van der Waals surface area contributed by atoms with E-state index in [0.717, 1.165) is 18.4 Å². The quantitative estimate of drug-likeness (QED) is 0.578. The van der Waals surface area contributed by atoms with Crippen LogP contribution in [0.15, 0.2) is 18.2 Å². The Kier molecular flexibility index (Phi) is 7.29. The van der Waals surface area contributed by atoms with Gasteiger partial charge in [-0.1, -0.05) is 70.1 Å². The van der Waals surface area contributed by atoms with E-state index in [1.54, 1.807) is 0 Å². The van der Waals surface area contributed by atoms with Gasteiger partial charge in [0.05, 0.1) is 5.60 Å². The fraction of sp³-hybridized carbons (Fsp3) is 0.684. The van der Waals surface area contributed by atoms with Crippen molar-refractivity contribution in [3.05, 3.63) is 34.9 Å². The molecule has 20 heavy (non-hydrogen) atoms. The molecule has 1 atom stereocenters. The molecule has 0 saturated carbocycles. The lowest BCUT2D eigenvalue weighted by Crippen LogP contribution is -2.21. The highest BCUT2D eigenvalue weighted by atomic mass is 16.3. The lowest BCUT2D eigenvalue weighted by atomic mass is 9.88. The largest absolute Gasteiger partial charge is 0.385 e. The van der Waals surface area contributed by atoms with E-state index >= 15 is 0 Å². The van der Waals surface area contributed by atoms with E-state index in [4.69, 9.17) is 0 Å². The third kappa shape index (κ3) is 5.66. The predicted octanol–water partition coefficient (Wildman–Crippen LogP) is 5.65. The second-order valence-corrected chi connectivity index (χ2v) is 6.44. The molecule has 1 aromatic rings. The van der Waals surface area contributed by atoms with E-state index in [2.05, 4.69) is 39.0 Å². The van der Waals surface area contributed by atoms with E-state index in [1.165, 1.54) is 49.7 Å². The van der Waals surface area contributed by atoms with Crippen molar-refractivity contribution >= 4 is 0 Å². The van der Waals surface area contributed by atoms with Gasteiger partial charge in [-0.05, 0) is 43.9 Å². The molecule has 1 unspecified atom stereocenters. The van der Waals surface area contributed by atoms with Gasteiger partial charge in [-0.2, -0.15) is 0 Å². The van der Waals surface area contributed by atoms with Gasteiger partial charge in [0.15, 0.2) is 0 Å². The first kappa shape index (κ1) is 17.2. The van der Waals surface area contributed by atoms with Gasteiger partial charge >= 0.3 is 0 Å².